The average Bonchev–Trinajstić information content (AvgIpc) is 2.84. The number of H-pyrrole nitrogens is 1. The number of anilines is 2. The normalized spacial score (nSPS) is 10.1. The number of hydrogen-bond donors (Lipinski definition) is 3. The van der Waals surface area contributed by atoms with Crippen molar-refractivity contribution in [3.05, 3.63) is 36.0 Å². The smallest absolute Gasteiger partial charge is 0.256 e. The Morgan fingerprint density at radius 3 is 2.94 bits per heavy atom. The molecular weight excluding hydrogens is 232 g/mol. The standard InChI is InChI=1S/C12H14N4O2/c1-2-18-10-4-3-8(7-9(10)13)12(17)15-11-5-6-14-16-11/h3-7H,2,13H2,1H3,(H2,14,15,16,17). The summed E-state index contributed by atoms with van der Waals surface area (Å²) in [4.78, 5) is 11.9. The number of nitrogens with two attached hydrogens (primary N) is 1. The van der Waals surface area contributed by atoms with Crippen LogP contribution < -0.4 is 15.8 Å². The van der Waals surface area contributed by atoms with E-state index in [1.54, 1.807) is 30.5 Å². The lowest BCUT2D eigenvalue weighted by molar-refractivity contribution is 0.102. The summed E-state index contributed by atoms with van der Waals surface area (Å²) >= 11 is 0. The van der Waals surface area contributed by atoms with Gasteiger partial charge in [-0.2, -0.15) is 5.10 Å². The van der Waals surface area contributed by atoms with Gasteiger partial charge in [-0.05, 0) is 25.1 Å². The highest BCUT2D eigenvalue weighted by atomic mass is 16.5. The maximum Gasteiger partial charge on any atom is 0.256 e. The fourth-order valence-electron chi connectivity index (χ4n) is 1.50. The summed E-state index contributed by atoms with van der Waals surface area (Å²) in [5.41, 5.74) is 6.70. The molecule has 0 aliphatic carbocycles. The highest BCUT2D eigenvalue weighted by Crippen LogP contribution is 2.22. The second-order valence-corrected chi connectivity index (χ2v) is 3.61. The third kappa shape index (κ3) is 2.60. The maximum absolute atomic E-state index is 11.9. The second-order valence-electron chi connectivity index (χ2n) is 3.61. The molecule has 1 amide bonds. The molecule has 0 saturated heterocycles. The van der Waals surface area contributed by atoms with Crippen molar-refractivity contribution in [2.45, 2.75) is 6.92 Å². The Hall–Kier alpha value is -2.50. The predicted molar refractivity (Wildman–Crippen MR) is 68.6 cm³/mol. The lowest BCUT2D eigenvalue weighted by Crippen LogP contribution is -2.12. The van der Waals surface area contributed by atoms with Gasteiger partial charge in [0.2, 0.25) is 0 Å². The fourth-order valence-corrected chi connectivity index (χ4v) is 1.50. The lowest BCUT2D eigenvalue weighted by Gasteiger charge is -2.08. The van der Waals surface area contributed by atoms with E-state index in [2.05, 4.69) is 15.5 Å². The van der Waals surface area contributed by atoms with Crippen LogP contribution in [0.15, 0.2) is 30.5 Å². The van der Waals surface area contributed by atoms with E-state index in [0.29, 0.717) is 29.4 Å². The molecule has 1 aromatic carbocycles. The molecule has 0 aliphatic heterocycles. The summed E-state index contributed by atoms with van der Waals surface area (Å²) in [7, 11) is 0. The maximum atomic E-state index is 11.9. The van der Waals surface area contributed by atoms with E-state index in [1.807, 2.05) is 6.92 Å². The molecule has 1 aromatic heterocycles. The number of carbonyl (C=O) groups excluding carboxylic acids is 1. The van der Waals surface area contributed by atoms with Crippen LogP contribution in [0.4, 0.5) is 11.5 Å². The third-order valence-corrected chi connectivity index (χ3v) is 2.32. The minimum atomic E-state index is -0.256. The molecule has 1 heterocycles. The van der Waals surface area contributed by atoms with Gasteiger partial charge >= 0.3 is 0 Å². The van der Waals surface area contributed by atoms with Gasteiger partial charge in [-0.1, -0.05) is 0 Å². The third-order valence-electron chi connectivity index (χ3n) is 2.32. The Bertz CT molecular complexity index is 537. The van der Waals surface area contributed by atoms with Crippen LogP contribution in [0.2, 0.25) is 0 Å². The molecule has 2 rings (SSSR count). The SMILES string of the molecule is CCOc1ccc(C(=O)Nc2ccn[nH]2)cc1N. The fraction of sp³-hybridized carbons (Fsp3) is 0.167. The van der Waals surface area contributed by atoms with Gasteiger partial charge in [0.1, 0.15) is 11.6 Å². The first-order valence-corrected chi connectivity index (χ1v) is 5.53. The first-order valence-electron chi connectivity index (χ1n) is 5.53. The second kappa shape index (κ2) is 5.22. The Labute approximate surface area is 104 Å². The molecule has 18 heavy (non-hydrogen) atoms. The zero-order valence-electron chi connectivity index (χ0n) is 9.93. The molecule has 0 spiro atoms. The van der Waals surface area contributed by atoms with E-state index in [9.17, 15) is 4.79 Å². The van der Waals surface area contributed by atoms with E-state index < -0.39 is 0 Å². The number of hydrogen-bond acceptors (Lipinski definition) is 4. The molecular formula is C12H14N4O2. The van der Waals surface area contributed by atoms with Crippen LogP contribution in [-0.4, -0.2) is 22.7 Å². The molecule has 0 saturated carbocycles. The Morgan fingerprint density at radius 1 is 1.50 bits per heavy atom. The van der Waals surface area contributed by atoms with Crippen LogP contribution in [0.25, 0.3) is 0 Å². The van der Waals surface area contributed by atoms with Gasteiger partial charge in [-0.3, -0.25) is 9.89 Å². The van der Waals surface area contributed by atoms with E-state index in [4.69, 9.17) is 10.5 Å². The van der Waals surface area contributed by atoms with Gasteiger partial charge in [0.25, 0.3) is 5.91 Å². The molecule has 4 N–H and O–H groups in total. The summed E-state index contributed by atoms with van der Waals surface area (Å²) in [6.07, 6.45) is 1.56. The largest absolute Gasteiger partial charge is 0.492 e. The van der Waals surface area contributed by atoms with Crippen LogP contribution in [0.5, 0.6) is 5.75 Å². The van der Waals surface area contributed by atoms with E-state index in [-0.39, 0.29) is 5.91 Å². The van der Waals surface area contributed by atoms with Crippen molar-refractivity contribution >= 4 is 17.4 Å². The number of aromatic amines is 1. The van der Waals surface area contributed by atoms with Crippen molar-refractivity contribution in [1.82, 2.24) is 10.2 Å². The summed E-state index contributed by atoms with van der Waals surface area (Å²) in [5, 5.41) is 9.05. The number of nitrogen functional groups attached to an aromatic ring is 1. The first-order chi connectivity index (χ1) is 8.70. The van der Waals surface area contributed by atoms with Crippen molar-refractivity contribution in [2.24, 2.45) is 0 Å². The summed E-state index contributed by atoms with van der Waals surface area (Å²) in [6.45, 7) is 2.40. The first kappa shape index (κ1) is 12.0. The minimum Gasteiger partial charge on any atom is -0.492 e. The summed E-state index contributed by atoms with van der Waals surface area (Å²) in [5.74, 6) is 0.858. The summed E-state index contributed by atoms with van der Waals surface area (Å²) < 4.78 is 5.30. The minimum absolute atomic E-state index is 0.256. The molecule has 0 radical (unpaired) electrons. The number of nitrogens with zero attached hydrogens (tertiary/aromatic N) is 1. The van der Waals surface area contributed by atoms with E-state index in [1.165, 1.54) is 0 Å². The van der Waals surface area contributed by atoms with E-state index >= 15 is 0 Å². The number of amides is 1. The van der Waals surface area contributed by atoms with Crippen LogP contribution >= 0.6 is 0 Å². The van der Waals surface area contributed by atoms with Crippen LogP contribution in [0.1, 0.15) is 17.3 Å². The van der Waals surface area contributed by atoms with Crippen LogP contribution in [-0.2, 0) is 0 Å². The van der Waals surface area contributed by atoms with Gasteiger partial charge in [0.05, 0.1) is 18.5 Å². The molecule has 0 bridgehead atoms. The number of aromatic nitrogens is 2. The zero-order valence-corrected chi connectivity index (χ0v) is 9.93. The number of ether oxygens (including phenoxy) is 1. The molecule has 0 atom stereocenters. The molecule has 0 fully saturated rings. The Kier molecular flexibility index (Phi) is 3.47. The Balaban J connectivity index is 2.13. The lowest BCUT2D eigenvalue weighted by atomic mass is 10.2. The van der Waals surface area contributed by atoms with Crippen molar-refractivity contribution in [3.63, 3.8) is 0 Å². The van der Waals surface area contributed by atoms with Crippen LogP contribution in [0.3, 0.4) is 0 Å². The van der Waals surface area contributed by atoms with E-state index in [0.717, 1.165) is 0 Å². The molecule has 94 valence electrons. The number of rotatable bonds is 4. The van der Waals surface area contributed by atoms with Gasteiger partial charge in [-0.25, -0.2) is 0 Å². The highest BCUT2D eigenvalue weighted by Gasteiger charge is 2.09. The monoisotopic (exact) mass is 246 g/mol. The van der Waals surface area contributed by atoms with Gasteiger partial charge in [-0.15, -0.1) is 0 Å². The molecule has 0 aliphatic rings. The molecule has 6 nitrogen and oxygen atoms in total. The van der Waals surface area contributed by atoms with Crippen LogP contribution in [0, 0.1) is 0 Å². The highest BCUT2D eigenvalue weighted by molar-refractivity contribution is 6.04. The molecule has 6 heteroatoms. The van der Waals surface area contributed by atoms with Gasteiger partial charge in [0, 0.05) is 11.6 Å². The topological polar surface area (TPSA) is 93.0 Å². The quantitative estimate of drug-likeness (QED) is 0.715. The summed E-state index contributed by atoms with van der Waals surface area (Å²) in [6, 6.07) is 6.58. The van der Waals surface area contributed by atoms with Crippen molar-refractivity contribution in [3.8, 4) is 5.75 Å². The van der Waals surface area contributed by atoms with Gasteiger partial charge in [0.15, 0.2) is 0 Å². The van der Waals surface area contributed by atoms with Crippen molar-refractivity contribution in [1.29, 1.82) is 0 Å². The zero-order chi connectivity index (χ0) is 13.0. The number of benzene rings is 1. The predicted octanol–water partition coefficient (Wildman–Crippen LogP) is 1.64. The molecule has 2 aromatic rings. The average molecular weight is 246 g/mol. The Morgan fingerprint density at radius 2 is 2.33 bits per heavy atom. The van der Waals surface area contributed by atoms with Gasteiger partial charge < -0.3 is 15.8 Å². The number of carbonyl (C=O) groups is 1. The van der Waals surface area contributed by atoms with Crippen molar-refractivity contribution in [2.75, 3.05) is 17.7 Å². The number of nitrogens with one attached hydrogen (secondary N) is 2. The van der Waals surface area contributed by atoms with Crippen molar-refractivity contribution < 1.29 is 9.53 Å². The molecule has 0 unspecified atom stereocenters.